The summed E-state index contributed by atoms with van der Waals surface area (Å²) in [5.74, 6) is 3.71. The molecule has 12 nitrogen and oxygen atoms in total. The molecule has 0 saturated carbocycles. The van der Waals surface area contributed by atoms with Gasteiger partial charge in [-0.3, -0.25) is 19.9 Å². The second-order valence-corrected chi connectivity index (χ2v) is 16.4. The predicted molar refractivity (Wildman–Crippen MR) is 337 cm³/mol. The van der Waals surface area contributed by atoms with E-state index in [1.165, 1.54) is 16.7 Å². The number of hydrogen-bond acceptors (Lipinski definition) is 12. The van der Waals surface area contributed by atoms with Gasteiger partial charge in [-0.2, -0.15) is 20.4 Å². The number of rotatable bonds is 7. The molecule has 0 unspecified atom stereocenters. The van der Waals surface area contributed by atoms with Crippen LogP contribution in [0.2, 0.25) is 0 Å². The maximum absolute atomic E-state index is 4.18. The lowest BCUT2D eigenvalue weighted by Gasteiger charge is -2.00. The normalized spacial score (nSPS) is 8.82. The number of aromatic nitrogens is 12. The zero-order valence-electron chi connectivity index (χ0n) is 54.2. The Labute approximate surface area is 474 Å². The first-order chi connectivity index (χ1) is 37.1. The van der Waals surface area contributed by atoms with Crippen molar-refractivity contribution in [1.29, 1.82) is 0 Å². The van der Waals surface area contributed by atoms with Gasteiger partial charge < -0.3 is 0 Å². The van der Waals surface area contributed by atoms with E-state index in [-0.39, 0.29) is 0 Å². The minimum Gasteiger partial charge on any atom is -0.264 e. The van der Waals surface area contributed by atoms with Crippen molar-refractivity contribution >= 4 is 0 Å². The molecular weight excluding hydrogens is 949 g/mol. The van der Waals surface area contributed by atoms with Crippen molar-refractivity contribution in [3.05, 3.63) is 181 Å². The topological polar surface area (TPSA) is 155 Å². The van der Waals surface area contributed by atoms with Crippen LogP contribution in [0.15, 0.2) is 142 Å². The van der Waals surface area contributed by atoms with E-state index < -0.39 is 0 Å². The Morgan fingerprint density at radius 2 is 0.701 bits per heavy atom. The van der Waals surface area contributed by atoms with E-state index in [2.05, 4.69) is 163 Å². The van der Waals surface area contributed by atoms with E-state index in [4.69, 9.17) is 0 Å². The van der Waals surface area contributed by atoms with Crippen molar-refractivity contribution < 1.29 is 0 Å². The van der Waals surface area contributed by atoms with Crippen LogP contribution < -0.4 is 0 Å². The average molecular weight is 1060 g/mol. The Bertz CT molecular complexity index is 1610. The van der Waals surface area contributed by atoms with Crippen LogP contribution in [0.1, 0.15) is 275 Å². The van der Waals surface area contributed by atoms with E-state index >= 15 is 0 Å². The summed E-state index contributed by atoms with van der Waals surface area (Å²) in [6, 6.07) is 17.9. The van der Waals surface area contributed by atoms with Gasteiger partial charge >= 0.3 is 0 Å². The Morgan fingerprint density at radius 1 is 0.247 bits per heavy atom. The lowest BCUT2D eigenvalue weighted by molar-refractivity contribution is 0.785. The van der Waals surface area contributed by atoms with Crippen LogP contribution in [0.25, 0.3) is 0 Å². The molecule has 0 bridgehead atoms. The van der Waals surface area contributed by atoms with Crippen LogP contribution in [0.5, 0.6) is 0 Å². The molecule has 0 aromatic carbocycles. The van der Waals surface area contributed by atoms with Crippen molar-refractivity contribution in [2.75, 3.05) is 0 Å². The minimum atomic E-state index is 0.485. The van der Waals surface area contributed by atoms with E-state index in [1.807, 2.05) is 170 Å². The SMILES string of the molecule is CC.CC.CC.CC.CC.CC.CC.CC(C)c1ccccn1.CC(C)c1cccnc1.CC(C)c1cccnn1.CC(C)c1ccncn1.CC(C)c1ccnnc1.CC(C)c1cnccn1.CC(C)c1cncnc1. The molecule has 0 saturated heterocycles. The zero-order valence-corrected chi connectivity index (χ0v) is 54.2. The molecule has 7 heterocycles. The fraction of sp³-hybridized carbons (Fsp3) is 0.538. The Balaban J connectivity index is -0.000000143. The van der Waals surface area contributed by atoms with E-state index in [0.717, 1.165) is 22.8 Å². The summed E-state index contributed by atoms with van der Waals surface area (Å²) in [6.45, 7) is 57.8. The molecule has 434 valence electrons. The second-order valence-electron chi connectivity index (χ2n) is 16.4. The van der Waals surface area contributed by atoms with Crippen molar-refractivity contribution in [2.45, 2.75) is 235 Å². The highest BCUT2D eigenvalue weighted by Gasteiger charge is 2.00. The predicted octanol–water partition coefficient (Wildman–Crippen LogP) is 19.6. The lowest BCUT2D eigenvalue weighted by atomic mass is 10.1. The fourth-order valence-electron chi connectivity index (χ4n) is 4.56. The highest BCUT2D eigenvalue weighted by atomic mass is 15.1. The quantitative estimate of drug-likeness (QED) is 0.149. The highest BCUT2D eigenvalue weighted by molar-refractivity contribution is 5.12. The Hall–Kier alpha value is -6.30. The average Bonchev–Trinajstić information content (AvgIpc) is 3.51. The summed E-state index contributed by atoms with van der Waals surface area (Å²) in [5.41, 5.74) is 8.11. The van der Waals surface area contributed by atoms with Crippen molar-refractivity contribution in [3.63, 3.8) is 0 Å². The molecule has 0 spiro atoms. The van der Waals surface area contributed by atoms with Crippen molar-refractivity contribution in [2.24, 2.45) is 0 Å². The molecule has 7 aromatic heterocycles. The van der Waals surface area contributed by atoms with Gasteiger partial charge in [0.05, 0.1) is 17.6 Å². The molecule has 0 aliphatic carbocycles. The summed E-state index contributed by atoms with van der Waals surface area (Å²) in [5, 5.41) is 15.1. The molecule has 0 N–H and O–H groups in total. The zero-order chi connectivity index (χ0) is 60.8. The number of hydrogen-bond donors (Lipinski definition) is 0. The van der Waals surface area contributed by atoms with Crippen molar-refractivity contribution in [3.8, 4) is 0 Å². The standard InChI is InChI=1S/2C8H11N.5C7H10N2.7C2H6/c1-7(2)8-4-3-5-9-6-8;1-7(2)8-5-3-4-6-9-8;1-6(2)7-3-8-5-9-4-7;1-6(2)7-5-8-3-4-9-7;1-6(2)7-3-4-8-5-9-7;1-6(2)7-3-4-8-9-5-7;1-6(2)7-4-3-5-8-9-7;7*1-2/h2*3-7H,1-2H3;5*3-6H,1-2H3;7*1-2H3. The molecule has 0 atom stereocenters. The van der Waals surface area contributed by atoms with Gasteiger partial charge in [0, 0.05) is 79.6 Å². The van der Waals surface area contributed by atoms with Crippen LogP contribution in [0, 0.1) is 0 Å². The molecule has 0 amide bonds. The maximum atomic E-state index is 4.18. The fourth-order valence-corrected chi connectivity index (χ4v) is 4.56. The first-order valence-corrected chi connectivity index (χ1v) is 28.7. The van der Waals surface area contributed by atoms with Gasteiger partial charge in [0.1, 0.15) is 12.7 Å². The number of nitrogens with zero attached hydrogens (tertiary/aromatic N) is 12. The molecular formula is C65H114N12. The monoisotopic (exact) mass is 1060 g/mol. The first kappa shape index (κ1) is 84.6. The molecule has 7 aromatic rings. The molecule has 12 heteroatoms. The van der Waals surface area contributed by atoms with Crippen LogP contribution >= 0.6 is 0 Å². The summed E-state index contributed by atoms with van der Waals surface area (Å²) in [4.78, 5) is 31.9. The third kappa shape index (κ3) is 52.9. The van der Waals surface area contributed by atoms with Crippen LogP contribution in [-0.4, -0.2) is 60.3 Å². The summed E-state index contributed by atoms with van der Waals surface area (Å²) < 4.78 is 0. The lowest BCUT2D eigenvalue weighted by Crippen LogP contribution is -1.92. The van der Waals surface area contributed by atoms with Crippen LogP contribution in [-0.2, 0) is 0 Å². The summed E-state index contributed by atoms with van der Waals surface area (Å²) >= 11 is 0. The molecule has 0 radical (unpaired) electrons. The second kappa shape index (κ2) is 65.8. The Morgan fingerprint density at radius 3 is 0.974 bits per heavy atom. The van der Waals surface area contributed by atoms with E-state index in [0.29, 0.717) is 41.4 Å². The van der Waals surface area contributed by atoms with E-state index in [9.17, 15) is 0 Å². The summed E-state index contributed by atoms with van der Waals surface area (Å²) in [7, 11) is 0. The molecule has 0 fully saturated rings. The first-order valence-electron chi connectivity index (χ1n) is 28.7. The van der Waals surface area contributed by atoms with Gasteiger partial charge in [0.2, 0.25) is 0 Å². The van der Waals surface area contributed by atoms with Gasteiger partial charge in [-0.05, 0) is 101 Å². The van der Waals surface area contributed by atoms with Gasteiger partial charge in [0.25, 0.3) is 0 Å². The van der Waals surface area contributed by atoms with Gasteiger partial charge in [0.15, 0.2) is 0 Å². The third-order valence-corrected chi connectivity index (χ3v) is 8.71. The highest BCUT2D eigenvalue weighted by Crippen LogP contribution is 2.13. The third-order valence-electron chi connectivity index (χ3n) is 8.71. The van der Waals surface area contributed by atoms with Crippen LogP contribution in [0.4, 0.5) is 0 Å². The molecule has 0 aliphatic heterocycles. The van der Waals surface area contributed by atoms with E-state index in [1.54, 1.807) is 62.2 Å². The Kier molecular flexibility index (Phi) is 72.3. The summed E-state index contributed by atoms with van der Waals surface area (Å²) in [6.07, 6.45) is 24.5. The molecule has 7 rings (SSSR count). The smallest absolute Gasteiger partial charge is 0.115 e. The van der Waals surface area contributed by atoms with Gasteiger partial charge in [-0.25, -0.2) is 19.9 Å². The van der Waals surface area contributed by atoms with Gasteiger partial charge in [-0.1, -0.05) is 206 Å². The minimum absolute atomic E-state index is 0.485. The van der Waals surface area contributed by atoms with Gasteiger partial charge in [-0.15, -0.1) is 0 Å². The molecule has 77 heavy (non-hydrogen) atoms. The van der Waals surface area contributed by atoms with Crippen molar-refractivity contribution in [1.82, 2.24) is 60.3 Å². The largest absolute Gasteiger partial charge is 0.264 e. The number of pyridine rings is 2. The van der Waals surface area contributed by atoms with Crippen LogP contribution in [0.3, 0.4) is 0 Å². The maximum Gasteiger partial charge on any atom is 0.115 e. The molecule has 0 aliphatic rings.